The Hall–Kier alpha value is -0.610. The molecule has 2 aliphatic heterocycles. The largest absolute Gasteiger partial charge is 0.466 e. The summed E-state index contributed by atoms with van der Waals surface area (Å²) >= 11 is 0. The molecule has 0 unspecified atom stereocenters. The average molecular weight is 214 g/mol. The van der Waals surface area contributed by atoms with Gasteiger partial charge in [0.15, 0.2) is 0 Å². The van der Waals surface area contributed by atoms with Crippen LogP contribution in [0.15, 0.2) is 0 Å². The van der Waals surface area contributed by atoms with Crippen molar-refractivity contribution >= 4 is 5.97 Å². The van der Waals surface area contributed by atoms with Crippen molar-refractivity contribution in [2.45, 2.75) is 57.5 Å². The van der Waals surface area contributed by atoms with Gasteiger partial charge in [0.25, 0.3) is 0 Å². The Bertz CT molecular complexity index is 255. The zero-order valence-electron chi connectivity index (χ0n) is 9.38. The number of ether oxygens (including phenoxy) is 3. The van der Waals surface area contributed by atoms with Crippen LogP contribution >= 0.6 is 0 Å². The molecule has 2 heterocycles. The maximum absolute atomic E-state index is 11.3. The Morgan fingerprint density at radius 3 is 2.47 bits per heavy atom. The van der Waals surface area contributed by atoms with Crippen molar-refractivity contribution in [2.24, 2.45) is 0 Å². The Balaban J connectivity index is 1.51. The van der Waals surface area contributed by atoms with Gasteiger partial charge in [-0.15, -0.1) is 0 Å². The fourth-order valence-corrected chi connectivity index (χ4v) is 1.77. The molecule has 86 valence electrons. The number of hydrogen-bond acceptors (Lipinski definition) is 4. The molecule has 0 aromatic heterocycles. The maximum Gasteiger partial charge on any atom is 0.311 e. The highest BCUT2D eigenvalue weighted by Crippen LogP contribution is 2.69. The van der Waals surface area contributed by atoms with E-state index in [0.717, 1.165) is 12.8 Å². The van der Waals surface area contributed by atoms with E-state index in [1.165, 1.54) is 12.8 Å². The van der Waals surface area contributed by atoms with Crippen LogP contribution in [0.4, 0.5) is 0 Å². The monoisotopic (exact) mass is 214 g/mol. The van der Waals surface area contributed by atoms with Crippen molar-refractivity contribution < 1.29 is 19.0 Å². The molecule has 2 aliphatic rings. The Labute approximate surface area is 89.9 Å². The fraction of sp³-hybridized carbons (Fsp3) is 0.909. The minimum Gasteiger partial charge on any atom is -0.466 e. The molecule has 0 radical (unpaired) electrons. The van der Waals surface area contributed by atoms with Crippen molar-refractivity contribution in [3.05, 3.63) is 0 Å². The molecule has 15 heavy (non-hydrogen) atoms. The van der Waals surface area contributed by atoms with E-state index in [1.807, 2.05) is 6.92 Å². The standard InChI is InChI=1S/C11H18O4/c1-3-4-5-6-7-13-9(12)8-11-10(2,14-11)15-11/h3-8H2,1-2H3. The van der Waals surface area contributed by atoms with Gasteiger partial charge in [0.2, 0.25) is 11.6 Å². The predicted molar refractivity (Wildman–Crippen MR) is 53.0 cm³/mol. The van der Waals surface area contributed by atoms with Crippen molar-refractivity contribution in [1.82, 2.24) is 0 Å². The summed E-state index contributed by atoms with van der Waals surface area (Å²) in [4.78, 5) is 11.3. The first kappa shape index (κ1) is 10.9. The minimum atomic E-state index is -0.604. The zero-order chi connectivity index (χ0) is 10.9. The van der Waals surface area contributed by atoms with Gasteiger partial charge in [-0.3, -0.25) is 4.79 Å². The van der Waals surface area contributed by atoms with Gasteiger partial charge in [0.1, 0.15) is 6.42 Å². The van der Waals surface area contributed by atoms with Gasteiger partial charge < -0.3 is 14.2 Å². The molecule has 2 fully saturated rings. The van der Waals surface area contributed by atoms with Gasteiger partial charge in [-0.2, -0.15) is 0 Å². The number of carbonyl (C=O) groups excluding carboxylic acids is 1. The quantitative estimate of drug-likeness (QED) is 0.369. The number of carbonyl (C=O) groups is 1. The van der Waals surface area contributed by atoms with Crippen LogP contribution in [-0.4, -0.2) is 24.2 Å². The van der Waals surface area contributed by atoms with Gasteiger partial charge in [-0.25, -0.2) is 0 Å². The Kier molecular flexibility index (Phi) is 2.73. The lowest BCUT2D eigenvalue weighted by atomic mass is 10.2. The van der Waals surface area contributed by atoms with Crippen molar-refractivity contribution in [2.75, 3.05) is 6.61 Å². The van der Waals surface area contributed by atoms with Gasteiger partial charge >= 0.3 is 5.97 Å². The molecule has 0 N–H and O–H groups in total. The molecular weight excluding hydrogens is 196 g/mol. The third kappa shape index (κ3) is 2.16. The first-order valence-corrected chi connectivity index (χ1v) is 5.68. The third-order valence-corrected chi connectivity index (χ3v) is 2.97. The fourth-order valence-electron chi connectivity index (χ4n) is 1.77. The molecular formula is C11H18O4. The van der Waals surface area contributed by atoms with E-state index < -0.39 is 11.6 Å². The average Bonchev–Trinajstić information content (AvgIpc) is 2.88. The van der Waals surface area contributed by atoms with Crippen molar-refractivity contribution in [3.63, 3.8) is 0 Å². The molecule has 0 spiro atoms. The Morgan fingerprint density at radius 2 is 1.93 bits per heavy atom. The molecule has 0 saturated carbocycles. The van der Waals surface area contributed by atoms with Gasteiger partial charge in [-0.1, -0.05) is 26.2 Å². The van der Waals surface area contributed by atoms with Crippen LogP contribution < -0.4 is 0 Å². The lowest BCUT2D eigenvalue weighted by molar-refractivity contribution is -0.152. The highest BCUT2D eigenvalue weighted by atomic mass is 17.0. The van der Waals surface area contributed by atoms with Gasteiger partial charge in [0, 0.05) is 0 Å². The second-order valence-corrected chi connectivity index (χ2v) is 4.36. The number of unbranched alkanes of at least 4 members (excludes halogenated alkanes) is 3. The number of esters is 1. The van der Waals surface area contributed by atoms with Crippen LogP contribution in [-0.2, 0) is 19.0 Å². The van der Waals surface area contributed by atoms with E-state index in [-0.39, 0.29) is 12.4 Å². The normalized spacial score (nSPS) is 35.9. The number of rotatable bonds is 7. The summed E-state index contributed by atoms with van der Waals surface area (Å²) in [5, 5.41) is 0. The summed E-state index contributed by atoms with van der Waals surface area (Å²) in [6.45, 7) is 4.51. The molecule has 0 bridgehead atoms. The second kappa shape index (κ2) is 3.76. The predicted octanol–water partition coefficient (Wildman–Crippen LogP) is 1.97. The van der Waals surface area contributed by atoms with E-state index >= 15 is 0 Å². The summed E-state index contributed by atoms with van der Waals surface area (Å²) in [7, 11) is 0. The van der Waals surface area contributed by atoms with Crippen LogP contribution in [0.1, 0.15) is 46.0 Å². The molecule has 2 rings (SSSR count). The summed E-state index contributed by atoms with van der Waals surface area (Å²) < 4.78 is 15.4. The lowest BCUT2D eigenvalue weighted by Crippen LogP contribution is -2.12. The molecule has 2 saturated heterocycles. The lowest BCUT2D eigenvalue weighted by Gasteiger charge is -2.04. The van der Waals surface area contributed by atoms with Gasteiger partial charge in [-0.05, 0) is 13.3 Å². The van der Waals surface area contributed by atoms with Crippen LogP contribution in [0.5, 0.6) is 0 Å². The number of fused-ring (bicyclic) bond motifs is 1. The highest BCUT2D eigenvalue weighted by molar-refractivity contribution is 5.72. The molecule has 0 aromatic rings. The molecule has 0 atom stereocenters. The number of hydrogen-bond donors (Lipinski definition) is 0. The van der Waals surface area contributed by atoms with E-state index in [1.54, 1.807) is 0 Å². The summed E-state index contributed by atoms with van der Waals surface area (Å²) in [5.74, 6) is -1.28. The van der Waals surface area contributed by atoms with Crippen LogP contribution in [0, 0.1) is 0 Å². The summed E-state index contributed by atoms with van der Waals surface area (Å²) in [5.41, 5.74) is 0. The van der Waals surface area contributed by atoms with Crippen molar-refractivity contribution in [1.29, 1.82) is 0 Å². The molecule has 0 aliphatic carbocycles. The molecule has 4 heteroatoms. The maximum atomic E-state index is 11.3. The molecule has 0 aromatic carbocycles. The van der Waals surface area contributed by atoms with E-state index in [4.69, 9.17) is 14.2 Å². The molecule has 0 amide bonds. The Morgan fingerprint density at radius 1 is 1.27 bits per heavy atom. The number of epoxide rings is 2. The minimum absolute atomic E-state index is 0.215. The van der Waals surface area contributed by atoms with Crippen molar-refractivity contribution in [3.8, 4) is 0 Å². The van der Waals surface area contributed by atoms with E-state index in [9.17, 15) is 4.79 Å². The third-order valence-electron chi connectivity index (χ3n) is 2.97. The zero-order valence-corrected chi connectivity index (χ0v) is 9.38. The smallest absolute Gasteiger partial charge is 0.311 e. The van der Waals surface area contributed by atoms with Crippen LogP contribution in [0.3, 0.4) is 0 Å². The summed E-state index contributed by atoms with van der Waals surface area (Å²) in [6.07, 6.45) is 4.70. The first-order chi connectivity index (χ1) is 7.12. The summed E-state index contributed by atoms with van der Waals surface area (Å²) in [6, 6.07) is 0. The first-order valence-electron chi connectivity index (χ1n) is 5.68. The van der Waals surface area contributed by atoms with Crippen LogP contribution in [0.25, 0.3) is 0 Å². The molecule has 4 nitrogen and oxygen atoms in total. The highest BCUT2D eigenvalue weighted by Gasteiger charge is 2.88. The second-order valence-electron chi connectivity index (χ2n) is 4.36. The van der Waals surface area contributed by atoms with E-state index in [0.29, 0.717) is 6.61 Å². The van der Waals surface area contributed by atoms with Gasteiger partial charge in [0.05, 0.1) is 6.61 Å². The van der Waals surface area contributed by atoms with E-state index in [2.05, 4.69) is 6.92 Å². The topological polar surface area (TPSA) is 51.4 Å². The van der Waals surface area contributed by atoms with Crippen LogP contribution in [0.2, 0.25) is 0 Å². The SMILES string of the molecule is CCCCCCOC(=O)CC12OC1(C)O2.